The van der Waals surface area contributed by atoms with Gasteiger partial charge in [0.05, 0.1) is 4.90 Å². The van der Waals surface area contributed by atoms with Crippen LogP contribution in [0.25, 0.3) is 10.9 Å². The van der Waals surface area contributed by atoms with Crippen molar-refractivity contribution in [3.8, 4) is 0 Å². The summed E-state index contributed by atoms with van der Waals surface area (Å²) in [5.74, 6) is 0.434. The van der Waals surface area contributed by atoms with Crippen LogP contribution in [-0.2, 0) is 14.8 Å². The number of rotatable bonds is 6. The molecule has 0 radical (unpaired) electrons. The molecule has 2 aromatic carbocycles. The van der Waals surface area contributed by atoms with E-state index in [-0.39, 0.29) is 23.8 Å². The Bertz CT molecular complexity index is 1190. The molecule has 31 heavy (non-hydrogen) atoms. The third kappa shape index (κ3) is 4.67. The van der Waals surface area contributed by atoms with Crippen molar-refractivity contribution >= 4 is 26.8 Å². The lowest BCUT2D eigenvalue weighted by molar-refractivity contribution is -0.132. The Kier molecular flexibility index (Phi) is 6.16. The van der Waals surface area contributed by atoms with Crippen LogP contribution in [0.1, 0.15) is 41.9 Å². The molecule has 1 fully saturated rings. The molecule has 1 aliphatic heterocycles. The van der Waals surface area contributed by atoms with Gasteiger partial charge >= 0.3 is 0 Å². The average Bonchev–Trinajstić information content (AvgIpc) is 3.19. The van der Waals surface area contributed by atoms with Gasteiger partial charge in [0.1, 0.15) is 0 Å². The minimum atomic E-state index is -3.62. The van der Waals surface area contributed by atoms with Crippen LogP contribution in [-0.4, -0.2) is 43.8 Å². The molecule has 1 aromatic heterocycles. The topological polar surface area (TPSA) is 82.3 Å². The molecule has 0 unspecified atom stereocenters. The zero-order valence-corrected chi connectivity index (χ0v) is 18.8. The smallest absolute Gasteiger partial charge is 0.240 e. The summed E-state index contributed by atoms with van der Waals surface area (Å²) in [6, 6.07) is 13.6. The number of carbonyl (C=O) groups is 1. The van der Waals surface area contributed by atoms with Crippen molar-refractivity contribution in [2.75, 3.05) is 19.6 Å². The van der Waals surface area contributed by atoms with Gasteiger partial charge in [-0.2, -0.15) is 0 Å². The molecule has 0 saturated carbocycles. The summed E-state index contributed by atoms with van der Waals surface area (Å²) in [6.45, 7) is 5.15. The Labute approximate surface area is 183 Å². The summed E-state index contributed by atoms with van der Waals surface area (Å²) in [7, 11) is -3.62. The van der Waals surface area contributed by atoms with Gasteiger partial charge in [0.15, 0.2) is 0 Å². The molecular weight excluding hydrogens is 410 g/mol. The quantitative estimate of drug-likeness (QED) is 0.612. The zero-order chi connectivity index (χ0) is 22.0. The lowest BCUT2D eigenvalue weighted by Crippen LogP contribution is -2.39. The molecule has 7 heteroatoms. The molecule has 0 atom stereocenters. The van der Waals surface area contributed by atoms with Gasteiger partial charge in [0.25, 0.3) is 0 Å². The molecule has 164 valence electrons. The minimum absolute atomic E-state index is 0.000964. The number of piperidine rings is 1. The summed E-state index contributed by atoms with van der Waals surface area (Å²) in [5, 5.41) is 1.26. The van der Waals surface area contributed by atoms with E-state index in [0.29, 0.717) is 24.6 Å². The number of fused-ring (bicyclic) bond motifs is 1. The molecule has 1 amide bonds. The third-order valence-corrected chi connectivity index (χ3v) is 7.78. The van der Waals surface area contributed by atoms with Gasteiger partial charge in [-0.3, -0.25) is 4.79 Å². The van der Waals surface area contributed by atoms with Gasteiger partial charge in [0, 0.05) is 43.2 Å². The lowest BCUT2D eigenvalue weighted by atomic mass is 9.89. The maximum Gasteiger partial charge on any atom is 0.240 e. The number of H-pyrrole nitrogens is 1. The van der Waals surface area contributed by atoms with Crippen LogP contribution in [0.3, 0.4) is 0 Å². The van der Waals surface area contributed by atoms with Crippen molar-refractivity contribution in [1.29, 1.82) is 0 Å². The number of amides is 1. The number of sulfonamides is 1. The van der Waals surface area contributed by atoms with Crippen molar-refractivity contribution in [3.05, 3.63) is 65.4 Å². The molecule has 1 aliphatic rings. The number of carbonyl (C=O) groups excluding carboxylic acids is 1. The fraction of sp³-hybridized carbons (Fsp3) is 0.375. The highest BCUT2D eigenvalue weighted by Gasteiger charge is 2.25. The van der Waals surface area contributed by atoms with E-state index in [0.717, 1.165) is 23.9 Å². The number of aromatic nitrogens is 1. The summed E-state index contributed by atoms with van der Waals surface area (Å²) < 4.78 is 27.8. The Morgan fingerprint density at radius 2 is 1.87 bits per heavy atom. The SMILES string of the molecule is Cc1ccc(C)c(S(=O)(=O)NCCC(=O)N2CCC(c3c[nH]c4ccccc34)CC2)c1. The molecule has 6 nitrogen and oxygen atoms in total. The second-order valence-electron chi connectivity index (χ2n) is 8.36. The third-order valence-electron chi connectivity index (χ3n) is 6.17. The monoisotopic (exact) mass is 439 g/mol. The van der Waals surface area contributed by atoms with E-state index >= 15 is 0 Å². The minimum Gasteiger partial charge on any atom is -0.361 e. The number of hydrogen-bond acceptors (Lipinski definition) is 3. The zero-order valence-electron chi connectivity index (χ0n) is 18.0. The number of likely N-dealkylation sites (tertiary alicyclic amines) is 1. The van der Waals surface area contributed by atoms with Crippen LogP contribution in [0.2, 0.25) is 0 Å². The van der Waals surface area contributed by atoms with E-state index in [1.54, 1.807) is 19.1 Å². The molecular formula is C24H29N3O3S. The van der Waals surface area contributed by atoms with Crippen molar-refractivity contribution < 1.29 is 13.2 Å². The van der Waals surface area contributed by atoms with Crippen LogP contribution < -0.4 is 4.72 Å². The fourth-order valence-electron chi connectivity index (χ4n) is 4.40. The van der Waals surface area contributed by atoms with Crippen LogP contribution >= 0.6 is 0 Å². The first-order valence-corrected chi connectivity index (χ1v) is 12.2. The number of nitrogens with zero attached hydrogens (tertiary/aromatic N) is 1. The van der Waals surface area contributed by atoms with Gasteiger partial charge in [0.2, 0.25) is 15.9 Å². The van der Waals surface area contributed by atoms with Crippen molar-refractivity contribution in [1.82, 2.24) is 14.6 Å². The molecule has 0 spiro atoms. The highest BCUT2D eigenvalue weighted by Crippen LogP contribution is 2.33. The van der Waals surface area contributed by atoms with Crippen LogP contribution in [0.5, 0.6) is 0 Å². The predicted molar refractivity (Wildman–Crippen MR) is 123 cm³/mol. The molecule has 4 rings (SSSR count). The van der Waals surface area contributed by atoms with Crippen LogP contribution in [0.4, 0.5) is 0 Å². The Balaban J connectivity index is 1.30. The molecule has 3 aromatic rings. The van der Waals surface area contributed by atoms with Gasteiger partial charge < -0.3 is 9.88 Å². The van der Waals surface area contributed by atoms with E-state index in [9.17, 15) is 13.2 Å². The Morgan fingerprint density at radius 3 is 2.65 bits per heavy atom. The predicted octanol–water partition coefficient (Wildman–Crippen LogP) is 3.86. The maximum absolute atomic E-state index is 12.6. The number of aryl methyl sites for hydroxylation is 2. The number of hydrogen-bond donors (Lipinski definition) is 2. The summed E-state index contributed by atoms with van der Waals surface area (Å²) in [4.78, 5) is 18.1. The first-order chi connectivity index (χ1) is 14.8. The second-order valence-corrected chi connectivity index (χ2v) is 10.1. The van der Waals surface area contributed by atoms with E-state index in [1.165, 1.54) is 10.9 Å². The highest BCUT2D eigenvalue weighted by molar-refractivity contribution is 7.89. The normalized spacial score (nSPS) is 15.5. The molecule has 1 saturated heterocycles. The summed E-state index contributed by atoms with van der Waals surface area (Å²) in [5.41, 5.74) is 4.06. The van der Waals surface area contributed by atoms with E-state index in [4.69, 9.17) is 0 Å². The largest absolute Gasteiger partial charge is 0.361 e. The van der Waals surface area contributed by atoms with E-state index in [1.807, 2.05) is 24.0 Å². The Hall–Kier alpha value is -2.64. The standard InChI is InChI=1S/C24H29N3O3S/c1-17-7-8-18(2)23(15-17)31(29,30)26-12-9-24(28)27-13-10-19(11-14-27)21-16-25-22-6-4-3-5-20(21)22/h3-8,15-16,19,25-26H,9-14H2,1-2H3. The van der Waals surface area contributed by atoms with Gasteiger partial charge in [-0.25, -0.2) is 13.1 Å². The van der Waals surface area contributed by atoms with E-state index in [2.05, 4.69) is 34.1 Å². The van der Waals surface area contributed by atoms with Crippen LogP contribution in [0.15, 0.2) is 53.6 Å². The van der Waals surface area contributed by atoms with Crippen molar-refractivity contribution in [2.24, 2.45) is 0 Å². The number of aromatic amines is 1. The maximum atomic E-state index is 12.6. The highest BCUT2D eigenvalue weighted by atomic mass is 32.2. The number of nitrogens with one attached hydrogen (secondary N) is 2. The van der Waals surface area contributed by atoms with Gasteiger partial charge in [-0.1, -0.05) is 30.3 Å². The number of benzene rings is 2. The van der Waals surface area contributed by atoms with Gasteiger partial charge in [-0.15, -0.1) is 0 Å². The van der Waals surface area contributed by atoms with Crippen LogP contribution in [0, 0.1) is 13.8 Å². The first-order valence-electron chi connectivity index (χ1n) is 10.8. The fourth-order valence-corrected chi connectivity index (χ4v) is 5.76. The lowest BCUT2D eigenvalue weighted by Gasteiger charge is -2.32. The summed E-state index contributed by atoms with van der Waals surface area (Å²) in [6.07, 6.45) is 4.10. The van der Waals surface area contributed by atoms with Crippen molar-refractivity contribution in [3.63, 3.8) is 0 Å². The molecule has 0 bridgehead atoms. The first kappa shape index (κ1) is 21.6. The molecule has 2 N–H and O–H groups in total. The summed E-state index contributed by atoms with van der Waals surface area (Å²) >= 11 is 0. The molecule has 2 heterocycles. The van der Waals surface area contributed by atoms with Gasteiger partial charge in [-0.05, 0) is 61.4 Å². The van der Waals surface area contributed by atoms with E-state index < -0.39 is 10.0 Å². The van der Waals surface area contributed by atoms with Crippen molar-refractivity contribution in [2.45, 2.75) is 43.9 Å². The second kappa shape index (κ2) is 8.85. The number of para-hydroxylation sites is 1. The molecule has 0 aliphatic carbocycles. The Morgan fingerprint density at radius 1 is 1.13 bits per heavy atom. The average molecular weight is 440 g/mol.